The summed E-state index contributed by atoms with van der Waals surface area (Å²) in [6.45, 7) is 6.25. The molecule has 2 aliphatic carbocycles. The predicted molar refractivity (Wildman–Crippen MR) is 82.8 cm³/mol. The van der Waals surface area contributed by atoms with Crippen LogP contribution in [-0.2, 0) is 4.79 Å². The highest BCUT2D eigenvalue weighted by atomic mass is 16.1. The van der Waals surface area contributed by atoms with Gasteiger partial charge in [0, 0.05) is 12.1 Å². The maximum absolute atomic E-state index is 12.3. The normalized spacial score (nSPS) is 27.9. The molecule has 2 bridgehead atoms. The van der Waals surface area contributed by atoms with Crippen LogP contribution in [0.25, 0.3) is 0 Å². The molecule has 1 aromatic carbocycles. The van der Waals surface area contributed by atoms with Gasteiger partial charge in [0.25, 0.3) is 0 Å². The average molecular weight is 271 g/mol. The number of anilines is 1. The molecule has 108 valence electrons. The van der Waals surface area contributed by atoms with Crippen molar-refractivity contribution in [3.05, 3.63) is 28.8 Å². The predicted octanol–water partition coefficient (Wildman–Crippen LogP) is 4.38. The van der Waals surface area contributed by atoms with E-state index in [4.69, 9.17) is 0 Å². The summed E-state index contributed by atoms with van der Waals surface area (Å²) in [5.74, 6) is 2.59. The van der Waals surface area contributed by atoms with Crippen molar-refractivity contribution >= 4 is 11.6 Å². The van der Waals surface area contributed by atoms with Crippen molar-refractivity contribution in [2.75, 3.05) is 5.32 Å². The van der Waals surface area contributed by atoms with E-state index in [0.29, 0.717) is 12.3 Å². The van der Waals surface area contributed by atoms with Crippen molar-refractivity contribution in [3.8, 4) is 0 Å². The Hall–Kier alpha value is -1.31. The van der Waals surface area contributed by atoms with Gasteiger partial charge < -0.3 is 5.32 Å². The Balaban J connectivity index is 1.65. The number of rotatable bonds is 3. The number of carbonyl (C=O) groups is 1. The van der Waals surface area contributed by atoms with E-state index < -0.39 is 0 Å². The molecule has 2 nitrogen and oxygen atoms in total. The van der Waals surface area contributed by atoms with E-state index in [-0.39, 0.29) is 5.91 Å². The first-order valence-electron chi connectivity index (χ1n) is 7.90. The number of benzene rings is 1. The van der Waals surface area contributed by atoms with Gasteiger partial charge in [-0.05, 0) is 68.9 Å². The van der Waals surface area contributed by atoms with E-state index in [2.05, 4.69) is 38.2 Å². The molecule has 20 heavy (non-hydrogen) atoms. The first kappa shape index (κ1) is 13.7. The Labute approximate surface area is 122 Å². The molecule has 2 aliphatic rings. The molecule has 0 unspecified atom stereocenters. The minimum absolute atomic E-state index is 0.206. The summed E-state index contributed by atoms with van der Waals surface area (Å²) < 4.78 is 0. The lowest BCUT2D eigenvalue weighted by molar-refractivity contribution is -0.117. The standard InChI is InChI=1S/C18H25NO/c1-11-6-12(2)18(13(3)7-11)19-17(20)10-16-9-14-4-5-15(16)8-14/h6-7,14-16H,4-5,8-10H2,1-3H3,(H,19,20)/t14-,15+,16-/m0/s1. The van der Waals surface area contributed by atoms with Crippen LogP contribution in [0.15, 0.2) is 12.1 Å². The first-order chi connectivity index (χ1) is 9.52. The fraction of sp³-hybridized carbons (Fsp3) is 0.611. The van der Waals surface area contributed by atoms with Crippen molar-refractivity contribution < 1.29 is 4.79 Å². The second kappa shape index (κ2) is 5.23. The minimum atomic E-state index is 0.206. The smallest absolute Gasteiger partial charge is 0.224 e. The summed E-state index contributed by atoms with van der Waals surface area (Å²) in [4.78, 5) is 12.3. The monoisotopic (exact) mass is 271 g/mol. The summed E-state index contributed by atoms with van der Waals surface area (Å²) in [7, 11) is 0. The molecule has 3 rings (SSSR count). The summed E-state index contributed by atoms with van der Waals surface area (Å²) in [6.07, 6.45) is 6.13. The van der Waals surface area contributed by atoms with Gasteiger partial charge in [-0.15, -0.1) is 0 Å². The van der Waals surface area contributed by atoms with Crippen LogP contribution >= 0.6 is 0 Å². The van der Waals surface area contributed by atoms with Crippen LogP contribution in [0.3, 0.4) is 0 Å². The van der Waals surface area contributed by atoms with E-state index in [0.717, 1.165) is 17.5 Å². The van der Waals surface area contributed by atoms with Crippen LogP contribution < -0.4 is 5.32 Å². The van der Waals surface area contributed by atoms with Gasteiger partial charge in [-0.3, -0.25) is 4.79 Å². The van der Waals surface area contributed by atoms with Crippen molar-refractivity contribution in [1.29, 1.82) is 0 Å². The van der Waals surface area contributed by atoms with Crippen LogP contribution in [0.2, 0.25) is 0 Å². The van der Waals surface area contributed by atoms with E-state index in [9.17, 15) is 4.79 Å². The van der Waals surface area contributed by atoms with Crippen LogP contribution in [0.5, 0.6) is 0 Å². The van der Waals surface area contributed by atoms with E-state index in [1.54, 1.807) is 0 Å². The molecule has 1 N–H and O–H groups in total. The lowest BCUT2D eigenvalue weighted by Gasteiger charge is -2.21. The van der Waals surface area contributed by atoms with Gasteiger partial charge in [-0.2, -0.15) is 0 Å². The third kappa shape index (κ3) is 2.61. The largest absolute Gasteiger partial charge is 0.326 e. The Bertz CT molecular complexity index is 511. The number of aryl methyl sites for hydroxylation is 3. The molecule has 2 saturated carbocycles. The van der Waals surface area contributed by atoms with Gasteiger partial charge in [0.1, 0.15) is 0 Å². The fourth-order valence-electron chi connectivity index (χ4n) is 4.43. The third-order valence-electron chi connectivity index (χ3n) is 5.27. The third-order valence-corrected chi connectivity index (χ3v) is 5.27. The highest BCUT2D eigenvalue weighted by Crippen LogP contribution is 2.49. The number of hydrogen-bond acceptors (Lipinski definition) is 1. The average Bonchev–Trinajstić information content (AvgIpc) is 2.95. The lowest BCUT2D eigenvalue weighted by Crippen LogP contribution is -2.21. The topological polar surface area (TPSA) is 29.1 Å². The van der Waals surface area contributed by atoms with E-state index in [1.165, 1.54) is 42.4 Å². The summed E-state index contributed by atoms with van der Waals surface area (Å²) >= 11 is 0. The highest BCUT2D eigenvalue weighted by Gasteiger charge is 2.40. The van der Waals surface area contributed by atoms with E-state index in [1.807, 2.05) is 0 Å². The molecule has 2 heteroatoms. The van der Waals surface area contributed by atoms with Crippen LogP contribution in [-0.4, -0.2) is 5.91 Å². The fourth-order valence-corrected chi connectivity index (χ4v) is 4.43. The number of fused-ring (bicyclic) bond motifs is 2. The Kier molecular flexibility index (Phi) is 3.57. The van der Waals surface area contributed by atoms with Crippen LogP contribution in [0, 0.1) is 38.5 Å². The quantitative estimate of drug-likeness (QED) is 0.868. The zero-order valence-corrected chi connectivity index (χ0v) is 12.8. The van der Waals surface area contributed by atoms with Gasteiger partial charge >= 0.3 is 0 Å². The SMILES string of the molecule is Cc1cc(C)c(NC(=O)C[C@@H]2C[C@H]3CC[C@@H]2C3)c(C)c1. The Morgan fingerprint density at radius 3 is 2.40 bits per heavy atom. The Morgan fingerprint density at radius 1 is 1.15 bits per heavy atom. The van der Waals surface area contributed by atoms with Crippen LogP contribution in [0.1, 0.15) is 48.8 Å². The number of amides is 1. The molecule has 0 saturated heterocycles. The zero-order valence-electron chi connectivity index (χ0n) is 12.8. The lowest BCUT2D eigenvalue weighted by atomic mass is 9.86. The molecule has 0 aromatic heterocycles. The maximum Gasteiger partial charge on any atom is 0.224 e. The maximum atomic E-state index is 12.3. The van der Waals surface area contributed by atoms with Gasteiger partial charge in [-0.1, -0.05) is 24.1 Å². The molecule has 0 spiro atoms. The molecule has 0 aliphatic heterocycles. The molecule has 1 amide bonds. The van der Waals surface area contributed by atoms with Crippen molar-refractivity contribution in [1.82, 2.24) is 0 Å². The van der Waals surface area contributed by atoms with Crippen molar-refractivity contribution in [2.45, 2.75) is 52.9 Å². The van der Waals surface area contributed by atoms with E-state index >= 15 is 0 Å². The molecule has 1 aromatic rings. The Morgan fingerprint density at radius 2 is 1.85 bits per heavy atom. The van der Waals surface area contributed by atoms with Gasteiger partial charge in [0.15, 0.2) is 0 Å². The zero-order chi connectivity index (χ0) is 14.3. The van der Waals surface area contributed by atoms with Gasteiger partial charge in [0.05, 0.1) is 0 Å². The van der Waals surface area contributed by atoms with Crippen LogP contribution in [0.4, 0.5) is 5.69 Å². The highest BCUT2D eigenvalue weighted by molar-refractivity contribution is 5.92. The van der Waals surface area contributed by atoms with Gasteiger partial charge in [-0.25, -0.2) is 0 Å². The molecule has 3 atom stereocenters. The second-order valence-electron chi connectivity index (χ2n) is 6.96. The summed E-state index contributed by atoms with van der Waals surface area (Å²) in [6, 6.07) is 4.28. The minimum Gasteiger partial charge on any atom is -0.326 e. The molecule has 0 radical (unpaired) electrons. The molecule has 0 heterocycles. The van der Waals surface area contributed by atoms with Crippen molar-refractivity contribution in [3.63, 3.8) is 0 Å². The summed E-state index contributed by atoms with van der Waals surface area (Å²) in [5, 5.41) is 3.15. The van der Waals surface area contributed by atoms with Crippen molar-refractivity contribution in [2.24, 2.45) is 17.8 Å². The molecule has 2 fully saturated rings. The summed E-state index contributed by atoms with van der Waals surface area (Å²) in [5.41, 5.74) is 4.61. The number of nitrogens with one attached hydrogen (secondary N) is 1. The van der Waals surface area contributed by atoms with Gasteiger partial charge in [0.2, 0.25) is 5.91 Å². The number of carbonyl (C=O) groups excluding carboxylic acids is 1. The molecular weight excluding hydrogens is 246 g/mol. The molecular formula is C18H25NO. The number of hydrogen-bond donors (Lipinski definition) is 1. The first-order valence-corrected chi connectivity index (χ1v) is 7.90. The second-order valence-corrected chi connectivity index (χ2v) is 6.96.